The van der Waals surface area contributed by atoms with E-state index in [0.29, 0.717) is 32.8 Å². The van der Waals surface area contributed by atoms with E-state index in [9.17, 15) is 9.59 Å². The van der Waals surface area contributed by atoms with E-state index in [2.05, 4.69) is 5.32 Å². The Morgan fingerprint density at radius 2 is 1.90 bits per heavy atom. The van der Waals surface area contributed by atoms with Crippen LogP contribution in [0.25, 0.3) is 0 Å². The molecule has 2 rings (SSSR count). The van der Waals surface area contributed by atoms with Gasteiger partial charge >= 0.3 is 6.03 Å². The molecule has 1 unspecified atom stereocenters. The molecule has 0 saturated carbocycles. The molecule has 2 fully saturated rings. The second-order valence-electron chi connectivity index (χ2n) is 5.40. The zero-order valence-electron chi connectivity index (χ0n) is 12.3. The Bertz CT molecular complexity index is 343. The highest BCUT2D eigenvalue weighted by Gasteiger charge is 2.29. The van der Waals surface area contributed by atoms with Gasteiger partial charge in [0.05, 0.1) is 0 Å². The number of rotatable bonds is 3. The number of nitrogens with zero attached hydrogens (tertiary/aromatic N) is 2. The van der Waals surface area contributed by atoms with Gasteiger partial charge in [-0.1, -0.05) is 6.92 Å². The molecule has 0 aromatic carbocycles. The minimum atomic E-state index is -0.254. The SMILES string of the molecule is CCCNC(=O)N1CCCN(C(=O)C2CCCO2)CC1. The average Bonchev–Trinajstić information content (AvgIpc) is 2.88. The Morgan fingerprint density at radius 1 is 1.15 bits per heavy atom. The molecular formula is C14H25N3O3. The number of hydrogen-bond acceptors (Lipinski definition) is 3. The molecule has 0 spiro atoms. The van der Waals surface area contributed by atoms with Gasteiger partial charge in [-0.25, -0.2) is 4.79 Å². The Hall–Kier alpha value is -1.30. The maximum Gasteiger partial charge on any atom is 0.317 e. The van der Waals surface area contributed by atoms with Crippen LogP contribution in [0, 0.1) is 0 Å². The number of hydrogen-bond donors (Lipinski definition) is 1. The number of urea groups is 1. The van der Waals surface area contributed by atoms with Crippen molar-refractivity contribution in [1.82, 2.24) is 15.1 Å². The van der Waals surface area contributed by atoms with Crippen LogP contribution < -0.4 is 5.32 Å². The molecule has 3 amide bonds. The molecular weight excluding hydrogens is 258 g/mol. The first-order valence-electron chi connectivity index (χ1n) is 7.65. The topological polar surface area (TPSA) is 61.9 Å². The van der Waals surface area contributed by atoms with Gasteiger partial charge in [0.1, 0.15) is 6.10 Å². The third kappa shape index (κ3) is 3.85. The van der Waals surface area contributed by atoms with E-state index in [4.69, 9.17) is 4.74 Å². The summed E-state index contributed by atoms with van der Waals surface area (Å²) in [6, 6.07) is -0.0155. The number of nitrogens with one attached hydrogen (secondary N) is 1. The van der Waals surface area contributed by atoms with Gasteiger partial charge in [-0.05, 0) is 25.7 Å². The second-order valence-corrected chi connectivity index (χ2v) is 5.40. The highest BCUT2D eigenvalue weighted by molar-refractivity contribution is 5.81. The van der Waals surface area contributed by atoms with Crippen LogP contribution in [-0.4, -0.2) is 67.2 Å². The zero-order valence-corrected chi connectivity index (χ0v) is 12.3. The van der Waals surface area contributed by atoms with Crippen LogP contribution in [0.2, 0.25) is 0 Å². The number of carbonyl (C=O) groups is 2. The first-order chi connectivity index (χ1) is 9.72. The molecule has 0 aromatic rings. The molecule has 114 valence electrons. The van der Waals surface area contributed by atoms with Gasteiger partial charge in [-0.2, -0.15) is 0 Å². The lowest BCUT2D eigenvalue weighted by Crippen LogP contribution is -2.44. The van der Waals surface area contributed by atoms with Crippen LogP contribution in [0.4, 0.5) is 4.79 Å². The third-order valence-corrected chi connectivity index (χ3v) is 3.83. The summed E-state index contributed by atoms with van der Waals surface area (Å²) in [5, 5.41) is 2.89. The van der Waals surface area contributed by atoms with Gasteiger partial charge < -0.3 is 19.9 Å². The normalized spacial score (nSPS) is 23.6. The lowest BCUT2D eigenvalue weighted by molar-refractivity contribution is -0.140. The Balaban J connectivity index is 1.82. The van der Waals surface area contributed by atoms with Crippen molar-refractivity contribution in [2.45, 2.75) is 38.7 Å². The molecule has 0 aliphatic carbocycles. The van der Waals surface area contributed by atoms with E-state index >= 15 is 0 Å². The van der Waals surface area contributed by atoms with E-state index in [-0.39, 0.29) is 18.0 Å². The lowest BCUT2D eigenvalue weighted by Gasteiger charge is -2.24. The Kier molecular flexibility index (Phi) is 5.64. The van der Waals surface area contributed by atoms with Crippen LogP contribution in [0.3, 0.4) is 0 Å². The number of carbonyl (C=O) groups excluding carboxylic acids is 2. The van der Waals surface area contributed by atoms with Crippen molar-refractivity contribution >= 4 is 11.9 Å². The van der Waals surface area contributed by atoms with Crippen molar-refractivity contribution in [3.8, 4) is 0 Å². The molecule has 2 aliphatic heterocycles. The van der Waals surface area contributed by atoms with Crippen LogP contribution in [-0.2, 0) is 9.53 Å². The summed E-state index contributed by atoms with van der Waals surface area (Å²) in [5.41, 5.74) is 0. The van der Waals surface area contributed by atoms with Gasteiger partial charge in [0.2, 0.25) is 0 Å². The fraction of sp³-hybridized carbons (Fsp3) is 0.857. The van der Waals surface area contributed by atoms with Crippen molar-refractivity contribution in [2.24, 2.45) is 0 Å². The molecule has 6 nitrogen and oxygen atoms in total. The van der Waals surface area contributed by atoms with E-state index in [1.54, 1.807) is 4.90 Å². The maximum atomic E-state index is 12.3. The predicted molar refractivity (Wildman–Crippen MR) is 75.4 cm³/mol. The minimum absolute atomic E-state index is 0.0155. The van der Waals surface area contributed by atoms with Gasteiger partial charge in [-0.3, -0.25) is 4.79 Å². The van der Waals surface area contributed by atoms with Gasteiger partial charge in [0.25, 0.3) is 5.91 Å². The first kappa shape index (κ1) is 15.1. The summed E-state index contributed by atoms with van der Waals surface area (Å²) in [5.74, 6) is 0.0957. The summed E-state index contributed by atoms with van der Waals surface area (Å²) >= 11 is 0. The predicted octanol–water partition coefficient (Wildman–Crippen LogP) is 0.819. The molecule has 2 saturated heterocycles. The molecule has 0 radical (unpaired) electrons. The highest BCUT2D eigenvalue weighted by atomic mass is 16.5. The number of amides is 3. The van der Waals surface area contributed by atoms with Gasteiger partial charge in [0, 0.05) is 39.3 Å². The van der Waals surface area contributed by atoms with Gasteiger partial charge in [-0.15, -0.1) is 0 Å². The smallest absolute Gasteiger partial charge is 0.317 e. The Labute approximate surface area is 120 Å². The van der Waals surface area contributed by atoms with Crippen molar-refractivity contribution in [1.29, 1.82) is 0 Å². The first-order valence-corrected chi connectivity index (χ1v) is 7.65. The number of ether oxygens (including phenoxy) is 1. The fourth-order valence-corrected chi connectivity index (χ4v) is 2.66. The lowest BCUT2D eigenvalue weighted by atomic mass is 10.2. The minimum Gasteiger partial charge on any atom is -0.368 e. The van der Waals surface area contributed by atoms with E-state index in [1.165, 1.54) is 0 Å². The molecule has 6 heteroatoms. The van der Waals surface area contributed by atoms with Crippen molar-refractivity contribution in [3.63, 3.8) is 0 Å². The van der Waals surface area contributed by atoms with E-state index in [0.717, 1.165) is 32.2 Å². The fourth-order valence-electron chi connectivity index (χ4n) is 2.66. The molecule has 1 N–H and O–H groups in total. The van der Waals surface area contributed by atoms with Gasteiger partial charge in [0.15, 0.2) is 0 Å². The molecule has 0 bridgehead atoms. The summed E-state index contributed by atoms with van der Waals surface area (Å²) in [6.07, 6.45) is 3.31. The van der Waals surface area contributed by atoms with Crippen molar-refractivity contribution in [2.75, 3.05) is 39.3 Å². The zero-order chi connectivity index (χ0) is 14.4. The summed E-state index contributed by atoms with van der Waals surface area (Å²) in [6.45, 7) is 6.07. The van der Waals surface area contributed by atoms with Crippen LogP contribution >= 0.6 is 0 Å². The maximum absolute atomic E-state index is 12.3. The second kappa shape index (κ2) is 7.47. The average molecular weight is 283 g/mol. The van der Waals surface area contributed by atoms with Crippen LogP contribution in [0.15, 0.2) is 0 Å². The van der Waals surface area contributed by atoms with Crippen LogP contribution in [0.5, 0.6) is 0 Å². The molecule has 2 heterocycles. The monoisotopic (exact) mass is 283 g/mol. The third-order valence-electron chi connectivity index (χ3n) is 3.83. The Morgan fingerprint density at radius 3 is 2.60 bits per heavy atom. The summed E-state index contributed by atoms with van der Waals surface area (Å²) < 4.78 is 5.45. The quantitative estimate of drug-likeness (QED) is 0.834. The summed E-state index contributed by atoms with van der Waals surface area (Å²) in [4.78, 5) is 27.9. The standard InChI is InChI=1S/C14H25N3O3/c1-2-6-15-14(19)17-8-4-7-16(9-10-17)13(18)12-5-3-11-20-12/h12H,2-11H2,1H3,(H,15,19). The summed E-state index contributed by atoms with van der Waals surface area (Å²) in [7, 11) is 0. The van der Waals surface area contributed by atoms with E-state index in [1.807, 2.05) is 11.8 Å². The molecule has 20 heavy (non-hydrogen) atoms. The molecule has 2 aliphatic rings. The molecule has 0 aromatic heterocycles. The van der Waals surface area contributed by atoms with Crippen molar-refractivity contribution < 1.29 is 14.3 Å². The van der Waals surface area contributed by atoms with Crippen LogP contribution in [0.1, 0.15) is 32.6 Å². The largest absolute Gasteiger partial charge is 0.368 e. The van der Waals surface area contributed by atoms with Crippen molar-refractivity contribution in [3.05, 3.63) is 0 Å². The van der Waals surface area contributed by atoms with E-state index < -0.39 is 0 Å². The molecule has 1 atom stereocenters. The highest BCUT2D eigenvalue weighted by Crippen LogP contribution is 2.16.